The fourth-order valence-corrected chi connectivity index (χ4v) is 2.28. The molecule has 0 fully saturated rings. The summed E-state index contributed by atoms with van der Waals surface area (Å²) >= 11 is 0.896. The SMILES string of the molecule is CSN1C(=O)c2c(F)ccc(NC(C)=O)c2C1=O. The quantitative estimate of drug-likeness (QED) is 0.654. The summed E-state index contributed by atoms with van der Waals surface area (Å²) in [5, 5.41) is 2.41. The number of rotatable bonds is 2. The lowest BCUT2D eigenvalue weighted by Crippen LogP contribution is -2.22. The van der Waals surface area contributed by atoms with Crippen molar-refractivity contribution in [1.29, 1.82) is 0 Å². The Bertz CT molecular complexity index is 574. The lowest BCUT2D eigenvalue weighted by molar-refractivity contribution is -0.114. The van der Waals surface area contributed by atoms with Crippen LogP contribution in [0.1, 0.15) is 27.6 Å². The molecule has 1 aliphatic rings. The molecule has 0 atom stereocenters. The molecule has 0 aliphatic carbocycles. The Hall–Kier alpha value is -1.89. The first kappa shape index (κ1) is 12.6. The molecule has 1 N–H and O–H groups in total. The van der Waals surface area contributed by atoms with Gasteiger partial charge in [0.25, 0.3) is 11.8 Å². The molecule has 1 aliphatic heterocycles. The van der Waals surface area contributed by atoms with Crippen molar-refractivity contribution in [1.82, 2.24) is 4.31 Å². The number of amides is 3. The van der Waals surface area contributed by atoms with Gasteiger partial charge in [0.2, 0.25) is 5.91 Å². The average molecular weight is 268 g/mol. The van der Waals surface area contributed by atoms with Crippen LogP contribution in [0.5, 0.6) is 0 Å². The number of imide groups is 1. The fraction of sp³-hybridized carbons (Fsp3) is 0.182. The molecule has 7 heteroatoms. The zero-order valence-electron chi connectivity index (χ0n) is 9.61. The summed E-state index contributed by atoms with van der Waals surface area (Å²) in [6, 6.07) is 2.32. The van der Waals surface area contributed by atoms with Crippen molar-refractivity contribution >= 4 is 35.4 Å². The average Bonchev–Trinajstić information content (AvgIpc) is 2.55. The van der Waals surface area contributed by atoms with E-state index in [1.807, 2.05) is 0 Å². The van der Waals surface area contributed by atoms with E-state index in [4.69, 9.17) is 0 Å². The number of hydrogen-bond donors (Lipinski definition) is 1. The van der Waals surface area contributed by atoms with Gasteiger partial charge < -0.3 is 5.32 Å². The maximum absolute atomic E-state index is 13.6. The first-order chi connectivity index (χ1) is 8.47. The van der Waals surface area contributed by atoms with Crippen LogP contribution < -0.4 is 5.32 Å². The van der Waals surface area contributed by atoms with Crippen LogP contribution in [0.4, 0.5) is 10.1 Å². The van der Waals surface area contributed by atoms with Crippen LogP contribution in [0.2, 0.25) is 0 Å². The van der Waals surface area contributed by atoms with Gasteiger partial charge in [-0.05, 0) is 24.1 Å². The van der Waals surface area contributed by atoms with Crippen molar-refractivity contribution in [2.75, 3.05) is 11.6 Å². The smallest absolute Gasteiger partial charge is 0.274 e. The monoisotopic (exact) mass is 268 g/mol. The predicted octanol–water partition coefficient (Wildman–Crippen LogP) is 1.66. The van der Waals surface area contributed by atoms with Crippen LogP contribution in [0.15, 0.2) is 12.1 Å². The summed E-state index contributed by atoms with van der Waals surface area (Å²) in [7, 11) is 0. The van der Waals surface area contributed by atoms with E-state index in [0.717, 1.165) is 22.3 Å². The summed E-state index contributed by atoms with van der Waals surface area (Å²) in [5.74, 6) is -2.49. The minimum absolute atomic E-state index is 0.0930. The third-order valence-corrected chi connectivity index (χ3v) is 3.14. The molecule has 0 saturated heterocycles. The molecule has 0 radical (unpaired) electrons. The van der Waals surface area contributed by atoms with Gasteiger partial charge in [0.15, 0.2) is 0 Å². The van der Waals surface area contributed by atoms with Crippen molar-refractivity contribution in [2.45, 2.75) is 6.92 Å². The molecule has 0 saturated carbocycles. The van der Waals surface area contributed by atoms with Gasteiger partial charge in [-0.3, -0.25) is 14.4 Å². The second-order valence-electron chi connectivity index (χ2n) is 3.61. The topological polar surface area (TPSA) is 66.5 Å². The van der Waals surface area contributed by atoms with E-state index in [9.17, 15) is 18.8 Å². The molecule has 0 unspecified atom stereocenters. The number of anilines is 1. The third-order valence-electron chi connectivity index (χ3n) is 2.44. The lowest BCUT2D eigenvalue weighted by atomic mass is 10.1. The predicted molar refractivity (Wildman–Crippen MR) is 64.7 cm³/mol. The largest absolute Gasteiger partial charge is 0.326 e. The van der Waals surface area contributed by atoms with E-state index < -0.39 is 23.5 Å². The highest BCUT2D eigenvalue weighted by Crippen LogP contribution is 2.34. The van der Waals surface area contributed by atoms with E-state index in [-0.39, 0.29) is 16.8 Å². The van der Waals surface area contributed by atoms with Gasteiger partial charge >= 0.3 is 0 Å². The van der Waals surface area contributed by atoms with Gasteiger partial charge in [0, 0.05) is 13.2 Å². The van der Waals surface area contributed by atoms with Crippen molar-refractivity contribution < 1.29 is 18.8 Å². The van der Waals surface area contributed by atoms with Crippen molar-refractivity contribution in [3.05, 3.63) is 29.1 Å². The standard InChI is InChI=1S/C11H9FN2O3S/c1-5(15)13-7-4-3-6(12)8-9(7)11(17)14(18-2)10(8)16/h3-4H,1-2H3,(H,13,15). The number of benzene rings is 1. The molecule has 3 amide bonds. The van der Waals surface area contributed by atoms with Gasteiger partial charge in [0.1, 0.15) is 5.82 Å². The van der Waals surface area contributed by atoms with Crippen molar-refractivity contribution in [2.24, 2.45) is 0 Å². The molecule has 18 heavy (non-hydrogen) atoms. The van der Waals surface area contributed by atoms with Crippen LogP contribution in [-0.4, -0.2) is 28.3 Å². The van der Waals surface area contributed by atoms with E-state index in [0.29, 0.717) is 0 Å². The molecule has 94 valence electrons. The van der Waals surface area contributed by atoms with E-state index in [1.54, 1.807) is 0 Å². The highest BCUT2D eigenvalue weighted by Gasteiger charge is 2.40. The second kappa shape index (κ2) is 4.41. The molecule has 5 nitrogen and oxygen atoms in total. The molecular formula is C11H9FN2O3S. The van der Waals surface area contributed by atoms with Gasteiger partial charge in [0.05, 0.1) is 16.8 Å². The minimum atomic E-state index is -0.769. The van der Waals surface area contributed by atoms with E-state index >= 15 is 0 Å². The summed E-state index contributed by atoms with van der Waals surface area (Å²) in [6.07, 6.45) is 1.54. The van der Waals surface area contributed by atoms with Gasteiger partial charge in [-0.2, -0.15) is 0 Å². The maximum Gasteiger partial charge on any atom is 0.274 e. The zero-order valence-corrected chi connectivity index (χ0v) is 10.4. The van der Waals surface area contributed by atoms with Crippen molar-refractivity contribution in [3.63, 3.8) is 0 Å². The Kier molecular flexibility index (Phi) is 3.08. The fourth-order valence-electron chi connectivity index (χ4n) is 1.76. The second-order valence-corrected chi connectivity index (χ2v) is 4.34. The Morgan fingerprint density at radius 2 is 1.89 bits per heavy atom. The molecule has 1 aromatic rings. The molecule has 0 aromatic heterocycles. The Balaban J connectivity index is 2.63. The molecule has 0 bridgehead atoms. The number of carbonyl (C=O) groups excluding carboxylic acids is 3. The normalized spacial score (nSPS) is 13.8. The van der Waals surface area contributed by atoms with Crippen LogP contribution in [-0.2, 0) is 4.79 Å². The summed E-state index contributed by atoms with van der Waals surface area (Å²) in [4.78, 5) is 34.8. The van der Waals surface area contributed by atoms with E-state index in [2.05, 4.69) is 5.32 Å². The molecule has 1 heterocycles. The number of hydrogen-bond acceptors (Lipinski definition) is 4. The summed E-state index contributed by atoms with van der Waals surface area (Å²) < 4.78 is 14.5. The highest BCUT2D eigenvalue weighted by atomic mass is 32.2. The third kappa shape index (κ3) is 1.76. The van der Waals surface area contributed by atoms with Gasteiger partial charge in [-0.1, -0.05) is 0 Å². The molecule has 1 aromatic carbocycles. The van der Waals surface area contributed by atoms with Crippen LogP contribution in [0, 0.1) is 5.82 Å². The summed E-state index contributed by atoms with van der Waals surface area (Å²) in [5.41, 5.74) is -0.237. The van der Waals surface area contributed by atoms with Crippen LogP contribution >= 0.6 is 11.9 Å². The minimum Gasteiger partial charge on any atom is -0.326 e. The first-order valence-electron chi connectivity index (χ1n) is 5.00. The summed E-state index contributed by atoms with van der Waals surface area (Å²) in [6.45, 7) is 1.27. The van der Waals surface area contributed by atoms with Gasteiger partial charge in [-0.25, -0.2) is 8.70 Å². The van der Waals surface area contributed by atoms with E-state index in [1.165, 1.54) is 19.2 Å². The Morgan fingerprint density at radius 3 is 2.44 bits per heavy atom. The number of nitrogens with one attached hydrogen (secondary N) is 1. The molecule has 0 spiro atoms. The Morgan fingerprint density at radius 1 is 1.28 bits per heavy atom. The lowest BCUT2D eigenvalue weighted by Gasteiger charge is -2.08. The highest BCUT2D eigenvalue weighted by molar-refractivity contribution is 7.97. The molecular weight excluding hydrogens is 259 g/mol. The van der Waals surface area contributed by atoms with Crippen LogP contribution in [0.3, 0.4) is 0 Å². The molecule has 2 rings (SSSR count). The van der Waals surface area contributed by atoms with Gasteiger partial charge in [-0.15, -0.1) is 0 Å². The number of nitrogens with zero attached hydrogens (tertiary/aromatic N) is 1. The van der Waals surface area contributed by atoms with Crippen molar-refractivity contribution in [3.8, 4) is 0 Å². The maximum atomic E-state index is 13.6. The number of fused-ring (bicyclic) bond motifs is 1. The van der Waals surface area contributed by atoms with Crippen LogP contribution in [0.25, 0.3) is 0 Å². The first-order valence-corrected chi connectivity index (χ1v) is 6.18. The Labute approximate surface area is 106 Å². The number of halogens is 1. The zero-order chi connectivity index (χ0) is 13.4. The number of carbonyl (C=O) groups is 3.